The van der Waals surface area contributed by atoms with Gasteiger partial charge >= 0.3 is 43.0 Å². The monoisotopic (exact) mass is 241 g/mol. The zero-order valence-corrected chi connectivity index (χ0v) is 6.20. The number of hydrogen-bond acceptors (Lipinski definition) is 1. The van der Waals surface area contributed by atoms with Gasteiger partial charge in [-0.1, -0.05) is 0 Å². The van der Waals surface area contributed by atoms with Gasteiger partial charge in [-0.2, -0.15) is 0 Å². The van der Waals surface area contributed by atoms with Crippen LogP contribution in [0.15, 0.2) is 3.50 Å². The molecule has 0 heterocycles. The maximum absolute atomic E-state index is 3.94. The van der Waals surface area contributed by atoms with E-state index in [1.165, 1.54) is 26.1 Å². The van der Waals surface area contributed by atoms with Crippen molar-refractivity contribution < 1.29 is 19.6 Å². The zero-order chi connectivity index (χ0) is 4.12. The van der Waals surface area contributed by atoms with E-state index in [1.54, 1.807) is 0 Å². The molecule has 0 aliphatic heterocycles. The molecule has 0 aliphatic carbocycles. The average molecular weight is 241 g/mol. The van der Waals surface area contributed by atoms with E-state index in [0.717, 1.165) is 6.54 Å². The Balaban J connectivity index is 2.40. The first-order chi connectivity index (χ1) is 2.41. The summed E-state index contributed by atoms with van der Waals surface area (Å²) in [7, 11) is 0. The summed E-state index contributed by atoms with van der Waals surface area (Å²) in [5, 5.41) is 0. The van der Waals surface area contributed by atoms with Gasteiger partial charge in [-0.05, 0) is 0 Å². The molecule has 0 aromatic heterocycles. The summed E-state index contributed by atoms with van der Waals surface area (Å²) in [4.78, 5) is 0. The third-order valence-corrected chi connectivity index (χ3v) is 0.971. The molecule has 0 aliphatic rings. The Kier molecular flexibility index (Phi) is 4.93. The van der Waals surface area contributed by atoms with Gasteiger partial charge in [0.25, 0.3) is 0 Å². The van der Waals surface area contributed by atoms with Crippen LogP contribution in [-0.4, -0.2) is 6.54 Å². The number of nitrogens with zero attached hydrogens (tertiary/aromatic N) is 1. The molecule has 1 nitrogen and oxygen atoms in total. The van der Waals surface area contributed by atoms with Crippen LogP contribution >= 0.6 is 0 Å². The fraction of sp³-hybridized carbons (Fsp3) is 1.00. The normalized spacial score (nSPS) is 7.40. The molecule has 0 N–H and O–H groups in total. The van der Waals surface area contributed by atoms with E-state index in [4.69, 9.17) is 0 Å². The molecule has 0 saturated carbocycles. The van der Waals surface area contributed by atoms with Gasteiger partial charge < -0.3 is 0 Å². The maximum atomic E-state index is 3.94. The second-order valence-electron chi connectivity index (χ2n) is 0.853. The Hall–Kier alpha value is 0.488. The topological polar surface area (TPSA) is 12.4 Å². The molecule has 0 aromatic rings. The SMILES string of the molecule is CCC[N]=[W]. The molecule has 0 fully saturated rings. The molecule has 0 amide bonds. The van der Waals surface area contributed by atoms with Crippen molar-refractivity contribution in [2.45, 2.75) is 13.3 Å². The van der Waals surface area contributed by atoms with Crippen molar-refractivity contribution in [1.29, 1.82) is 0 Å². The molecule has 0 atom stereocenters. The van der Waals surface area contributed by atoms with Crippen molar-refractivity contribution in [2.75, 3.05) is 6.54 Å². The van der Waals surface area contributed by atoms with Gasteiger partial charge in [0, 0.05) is 0 Å². The Labute approximate surface area is 43.5 Å². The van der Waals surface area contributed by atoms with Crippen molar-refractivity contribution in [1.82, 2.24) is 0 Å². The first-order valence-electron chi connectivity index (χ1n) is 1.71. The standard InChI is InChI=1S/C3H7N.W/c1-2-3-4;/h2-3H2,1H3;. The summed E-state index contributed by atoms with van der Waals surface area (Å²) in [6, 6.07) is 0. The van der Waals surface area contributed by atoms with E-state index in [2.05, 4.69) is 10.4 Å². The second kappa shape index (κ2) is 4.49. The van der Waals surface area contributed by atoms with Crippen LogP contribution in [-0.2, 0) is 19.6 Å². The molecule has 30 valence electrons. The van der Waals surface area contributed by atoms with E-state index >= 15 is 0 Å². The molecule has 0 spiro atoms. The summed E-state index contributed by atoms with van der Waals surface area (Å²) in [5.74, 6) is 0. The molecule has 0 unspecified atom stereocenters. The van der Waals surface area contributed by atoms with Crippen molar-refractivity contribution in [3.8, 4) is 0 Å². The van der Waals surface area contributed by atoms with Crippen LogP contribution in [0.4, 0.5) is 0 Å². The van der Waals surface area contributed by atoms with Gasteiger partial charge in [0.2, 0.25) is 0 Å². The van der Waals surface area contributed by atoms with Gasteiger partial charge in [-0.15, -0.1) is 0 Å². The van der Waals surface area contributed by atoms with Crippen molar-refractivity contribution in [3.63, 3.8) is 0 Å². The van der Waals surface area contributed by atoms with Crippen LogP contribution in [0.5, 0.6) is 0 Å². The number of rotatable bonds is 2. The van der Waals surface area contributed by atoms with Crippen molar-refractivity contribution in [2.24, 2.45) is 3.50 Å². The minimum atomic E-state index is 1.05. The summed E-state index contributed by atoms with van der Waals surface area (Å²) < 4.78 is 3.94. The van der Waals surface area contributed by atoms with Gasteiger partial charge in [0.1, 0.15) is 0 Å². The van der Waals surface area contributed by atoms with Crippen LogP contribution in [0.2, 0.25) is 0 Å². The molecule has 0 bridgehead atoms. The van der Waals surface area contributed by atoms with E-state index in [9.17, 15) is 0 Å². The Morgan fingerprint density at radius 1 is 1.80 bits per heavy atom. The average Bonchev–Trinajstić information content (AvgIpc) is 1.41. The summed E-state index contributed by atoms with van der Waals surface area (Å²) in [5.41, 5.74) is 0. The second-order valence-corrected chi connectivity index (χ2v) is 1.78. The van der Waals surface area contributed by atoms with E-state index in [-0.39, 0.29) is 0 Å². The molecule has 0 rings (SSSR count). The van der Waals surface area contributed by atoms with E-state index in [0.29, 0.717) is 0 Å². The van der Waals surface area contributed by atoms with Crippen LogP contribution < -0.4 is 0 Å². The molecule has 2 heteroatoms. The van der Waals surface area contributed by atoms with Crippen molar-refractivity contribution >= 4 is 0 Å². The summed E-state index contributed by atoms with van der Waals surface area (Å²) in [6.45, 7) is 3.18. The molecule has 0 saturated heterocycles. The van der Waals surface area contributed by atoms with E-state index in [1.807, 2.05) is 0 Å². The predicted octanol–water partition coefficient (Wildman–Crippen LogP) is 1.13. The third-order valence-electron chi connectivity index (χ3n) is 0.315. The van der Waals surface area contributed by atoms with Gasteiger partial charge in [0.05, 0.1) is 0 Å². The van der Waals surface area contributed by atoms with Gasteiger partial charge in [0.15, 0.2) is 0 Å². The fourth-order valence-corrected chi connectivity index (χ4v) is 0.747. The Bertz CT molecular complexity index is 28.1. The molecule has 0 aromatic carbocycles. The Morgan fingerprint density at radius 2 is 2.40 bits per heavy atom. The van der Waals surface area contributed by atoms with Gasteiger partial charge in [-0.25, -0.2) is 0 Å². The van der Waals surface area contributed by atoms with Gasteiger partial charge in [-0.3, -0.25) is 0 Å². The third kappa shape index (κ3) is 4.49. The molecular weight excluding hydrogens is 234 g/mol. The van der Waals surface area contributed by atoms with Crippen LogP contribution in [0.3, 0.4) is 0 Å². The predicted molar refractivity (Wildman–Crippen MR) is 17.6 cm³/mol. The summed E-state index contributed by atoms with van der Waals surface area (Å²) >= 11 is 1.35. The molecular formula is C3H7NW. The first-order valence-corrected chi connectivity index (χ1v) is 3.02. The van der Waals surface area contributed by atoms with Crippen molar-refractivity contribution in [3.05, 3.63) is 0 Å². The van der Waals surface area contributed by atoms with E-state index < -0.39 is 0 Å². The summed E-state index contributed by atoms with van der Waals surface area (Å²) in [6.07, 6.45) is 1.20. The zero-order valence-electron chi connectivity index (χ0n) is 3.27. The fourth-order valence-electron chi connectivity index (χ4n) is 0.0913. The number of hydrogen-bond donors (Lipinski definition) is 0. The first kappa shape index (κ1) is 5.49. The minimum absolute atomic E-state index is 1.05. The Morgan fingerprint density at radius 3 is 2.40 bits per heavy atom. The van der Waals surface area contributed by atoms with Crippen LogP contribution in [0.1, 0.15) is 13.3 Å². The van der Waals surface area contributed by atoms with Crippen LogP contribution in [0.25, 0.3) is 0 Å². The molecule has 0 radical (unpaired) electrons. The molecule has 5 heavy (non-hydrogen) atoms. The quantitative estimate of drug-likeness (QED) is 0.687. The van der Waals surface area contributed by atoms with Crippen LogP contribution in [0, 0.1) is 0 Å².